The first-order valence-corrected chi connectivity index (χ1v) is 8.13. The fraction of sp³-hybridized carbons (Fsp3) is 0.158. The molecule has 3 rings (SSSR count). The fourth-order valence-corrected chi connectivity index (χ4v) is 2.49. The van der Waals surface area contributed by atoms with Gasteiger partial charge < -0.3 is 16.4 Å². The number of nitrogens with one attached hydrogen (secondary N) is 2. The molecule has 0 amide bonds. The second kappa shape index (κ2) is 7.14. The number of benzene rings is 2. The number of hydrogen-bond donors (Lipinski definition) is 3. The lowest BCUT2D eigenvalue weighted by Crippen LogP contribution is -2.07. The molecule has 0 radical (unpaired) electrons. The Morgan fingerprint density at radius 2 is 1.52 bits per heavy atom. The highest BCUT2D eigenvalue weighted by Crippen LogP contribution is 2.32. The number of hydrogen-bond acceptors (Lipinski definition) is 5. The first kappa shape index (κ1) is 18.5. The minimum Gasteiger partial charge on any atom is -0.393 e. The Bertz CT molecular complexity index is 953. The average molecular weight is 373 g/mol. The number of anilines is 5. The van der Waals surface area contributed by atoms with Crippen LogP contribution in [0.25, 0.3) is 0 Å². The molecule has 1 heterocycles. The van der Waals surface area contributed by atoms with E-state index in [1.807, 2.05) is 32.0 Å². The molecule has 0 spiro atoms. The quantitative estimate of drug-likeness (QED) is 0.587. The summed E-state index contributed by atoms with van der Waals surface area (Å²) in [6.07, 6.45) is -3.05. The van der Waals surface area contributed by atoms with Crippen molar-refractivity contribution < 1.29 is 13.2 Å². The van der Waals surface area contributed by atoms with Crippen molar-refractivity contribution in [2.45, 2.75) is 20.0 Å². The van der Waals surface area contributed by atoms with Crippen LogP contribution in [0.3, 0.4) is 0 Å². The second-order valence-electron chi connectivity index (χ2n) is 6.06. The third-order valence-corrected chi connectivity index (χ3v) is 4.22. The number of aromatic nitrogens is 2. The summed E-state index contributed by atoms with van der Waals surface area (Å²) in [4.78, 5) is 8.23. The molecule has 0 aliphatic rings. The van der Waals surface area contributed by atoms with E-state index in [9.17, 15) is 13.2 Å². The molecule has 0 fully saturated rings. The standard InChI is InChI=1S/C19H18F3N5/c1-11-4-3-5-15(12(11)2)27-18-16(23)17(24-10-25-18)26-14-8-6-13(7-9-14)19(20,21)22/h3-10H,23H2,1-2H3,(H2,24,25,26,27). The highest BCUT2D eigenvalue weighted by Gasteiger charge is 2.29. The first-order valence-electron chi connectivity index (χ1n) is 8.13. The largest absolute Gasteiger partial charge is 0.416 e. The van der Waals surface area contributed by atoms with Gasteiger partial charge in [-0.3, -0.25) is 0 Å². The van der Waals surface area contributed by atoms with Crippen molar-refractivity contribution in [2.75, 3.05) is 16.4 Å². The van der Waals surface area contributed by atoms with Crippen LogP contribution >= 0.6 is 0 Å². The molecule has 0 unspecified atom stereocenters. The van der Waals surface area contributed by atoms with Crippen molar-refractivity contribution in [3.05, 3.63) is 65.5 Å². The first-order chi connectivity index (χ1) is 12.8. The third kappa shape index (κ3) is 4.11. The van der Waals surface area contributed by atoms with Gasteiger partial charge in [0, 0.05) is 11.4 Å². The number of alkyl halides is 3. The van der Waals surface area contributed by atoms with Gasteiger partial charge in [0.1, 0.15) is 12.0 Å². The van der Waals surface area contributed by atoms with Crippen LogP contribution in [-0.2, 0) is 6.18 Å². The van der Waals surface area contributed by atoms with Gasteiger partial charge in [-0.05, 0) is 55.3 Å². The van der Waals surface area contributed by atoms with Gasteiger partial charge in [0.25, 0.3) is 0 Å². The van der Waals surface area contributed by atoms with Crippen LogP contribution in [-0.4, -0.2) is 9.97 Å². The van der Waals surface area contributed by atoms with E-state index >= 15 is 0 Å². The summed E-state index contributed by atoms with van der Waals surface area (Å²) in [5.74, 6) is 0.714. The lowest BCUT2D eigenvalue weighted by Gasteiger charge is -2.15. The molecule has 0 aliphatic heterocycles. The molecule has 4 N–H and O–H groups in total. The smallest absolute Gasteiger partial charge is 0.393 e. The summed E-state index contributed by atoms with van der Waals surface area (Å²) < 4.78 is 38.0. The van der Waals surface area contributed by atoms with Gasteiger partial charge in [0.2, 0.25) is 0 Å². The monoisotopic (exact) mass is 373 g/mol. The van der Waals surface area contributed by atoms with E-state index in [1.165, 1.54) is 18.5 Å². The van der Waals surface area contributed by atoms with Crippen LogP contribution < -0.4 is 16.4 Å². The molecule has 0 saturated carbocycles. The molecular formula is C19H18F3N5. The molecule has 0 saturated heterocycles. The number of rotatable bonds is 4. The van der Waals surface area contributed by atoms with Gasteiger partial charge >= 0.3 is 6.18 Å². The zero-order valence-corrected chi connectivity index (χ0v) is 14.7. The zero-order valence-electron chi connectivity index (χ0n) is 14.7. The molecule has 5 nitrogen and oxygen atoms in total. The number of nitrogen functional groups attached to an aromatic ring is 1. The zero-order chi connectivity index (χ0) is 19.6. The Morgan fingerprint density at radius 3 is 2.15 bits per heavy atom. The normalized spacial score (nSPS) is 11.3. The van der Waals surface area contributed by atoms with Crippen molar-refractivity contribution in [3.8, 4) is 0 Å². The molecule has 1 aromatic heterocycles. The maximum Gasteiger partial charge on any atom is 0.416 e. The van der Waals surface area contributed by atoms with Crippen LogP contribution in [0.4, 0.5) is 41.9 Å². The van der Waals surface area contributed by atoms with Crippen molar-refractivity contribution in [1.82, 2.24) is 9.97 Å². The van der Waals surface area contributed by atoms with Crippen LogP contribution in [0.5, 0.6) is 0 Å². The van der Waals surface area contributed by atoms with Crippen molar-refractivity contribution in [3.63, 3.8) is 0 Å². The van der Waals surface area contributed by atoms with Gasteiger partial charge in [-0.1, -0.05) is 12.1 Å². The summed E-state index contributed by atoms with van der Waals surface area (Å²) in [6, 6.07) is 10.5. The molecule has 0 bridgehead atoms. The highest BCUT2D eigenvalue weighted by molar-refractivity contribution is 5.80. The van der Waals surface area contributed by atoms with E-state index < -0.39 is 11.7 Å². The lowest BCUT2D eigenvalue weighted by molar-refractivity contribution is -0.137. The van der Waals surface area contributed by atoms with Crippen LogP contribution in [0, 0.1) is 13.8 Å². The summed E-state index contributed by atoms with van der Waals surface area (Å²) >= 11 is 0. The number of nitrogens with zero attached hydrogens (tertiary/aromatic N) is 2. The number of halogens is 3. The van der Waals surface area contributed by atoms with Crippen LogP contribution in [0.15, 0.2) is 48.8 Å². The Balaban J connectivity index is 1.84. The highest BCUT2D eigenvalue weighted by atomic mass is 19.4. The summed E-state index contributed by atoms with van der Waals surface area (Å²) in [7, 11) is 0. The van der Waals surface area contributed by atoms with E-state index in [1.54, 1.807) is 0 Å². The maximum absolute atomic E-state index is 12.7. The van der Waals surface area contributed by atoms with E-state index in [4.69, 9.17) is 5.73 Å². The molecule has 3 aromatic rings. The molecule has 140 valence electrons. The predicted molar refractivity (Wildman–Crippen MR) is 100 cm³/mol. The predicted octanol–water partition coefficient (Wildman–Crippen LogP) is 5.18. The second-order valence-corrected chi connectivity index (χ2v) is 6.06. The Hall–Kier alpha value is -3.29. The molecule has 0 atom stereocenters. The average Bonchev–Trinajstić information content (AvgIpc) is 2.62. The topological polar surface area (TPSA) is 75.9 Å². The Labute approximate surface area is 154 Å². The van der Waals surface area contributed by atoms with Gasteiger partial charge in [0.15, 0.2) is 11.6 Å². The maximum atomic E-state index is 12.7. The van der Waals surface area contributed by atoms with E-state index in [0.717, 1.165) is 28.9 Å². The minimum atomic E-state index is -4.38. The van der Waals surface area contributed by atoms with E-state index in [0.29, 0.717) is 17.3 Å². The van der Waals surface area contributed by atoms with Crippen molar-refractivity contribution in [2.24, 2.45) is 0 Å². The molecule has 2 aromatic carbocycles. The SMILES string of the molecule is Cc1cccc(Nc2ncnc(Nc3ccc(C(F)(F)F)cc3)c2N)c1C. The van der Waals surface area contributed by atoms with Crippen LogP contribution in [0.2, 0.25) is 0 Å². The minimum absolute atomic E-state index is 0.262. The molecule has 8 heteroatoms. The van der Waals surface area contributed by atoms with Crippen molar-refractivity contribution in [1.29, 1.82) is 0 Å². The summed E-state index contributed by atoms with van der Waals surface area (Å²) in [6.45, 7) is 3.98. The Kier molecular flexibility index (Phi) is 4.89. The Morgan fingerprint density at radius 1 is 0.889 bits per heavy atom. The van der Waals surface area contributed by atoms with E-state index in [2.05, 4.69) is 20.6 Å². The lowest BCUT2D eigenvalue weighted by atomic mass is 10.1. The summed E-state index contributed by atoms with van der Waals surface area (Å²) in [5, 5.41) is 6.09. The summed E-state index contributed by atoms with van der Waals surface area (Å²) in [5.41, 5.74) is 9.16. The van der Waals surface area contributed by atoms with Crippen molar-refractivity contribution >= 4 is 28.7 Å². The number of aryl methyl sites for hydroxylation is 1. The molecule has 27 heavy (non-hydrogen) atoms. The van der Waals surface area contributed by atoms with Gasteiger partial charge in [-0.15, -0.1) is 0 Å². The van der Waals surface area contributed by atoms with E-state index in [-0.39, 0.29) is 5.69 Å². The van der Waals surface area contributed by atoms with Gasteiger partial charge in [0.05, 0.1) is 5.56 Å². The van der Waals surface area contributed by atoms with Gasteiger partial charge in [-0.2, -0.15) is 13.2 Å². The molecule has 0 aliphatic carbocycles. The number of nitrogens with two attached hydrogens (primary N) is 1. The van der Waals surface area contributed by atoms with Crippen LogP contribution in [0.1, 0.15) is 16.7 Å². The van der Waals surface area contributed by atoms with Gasteiger partial charge in [-0.25, -0.2) is 9.97 Å². The fourth-order valence-electron chi connectivity index (χ4n) is 2.49. The molecular weight excluding hydrogens is 355 g/mol. The third-order valence-electron chi connectivity index (χ3n) is 4.22.